The van der Waals surface area contributed by atoms with Gasteiger partial charge in [0.05, 0.1) is 48.9 Å². The van der Waals surface area contributed by atoms with Gasteiger partial charge in [0.2, 0.25) is 0 Å². The zero-order valence-electron chi connectivity index (χ0n) is 21.7. The highest BCUT2D eigenvalue weighted by atomic mass is 35.5. The van der Waals surface area contributed by atoms with E-state index in [1.165, 1.54) is 6.92 Å². The van der Waals surface area contributed by atoms with Crippen molar-refractivity contribution in [2.45, 2.75) is 20.0 Å². The van der Waals surface area contributed by atoms with Crippen LogP contribution >= 0.6 is 7.82 Å². The summed E-state index contributed by atoms with van der Waals surface area (Å²) < 4.78 is 31.2. The van der Waals surface area contributed by atoms with Crippen molar-refractivity contribution in [1.29, 1.82) is 0 Å². The van der Waals surface area contributed by atoms with Gasteiger partial charge in [0, 0.05) is 11.1 Å². The maximum absolute atomic E-state index is 11.3. The van der Waals surface area contributed by atoms with E-state index in [1.54, 1.807) is 6.92 Å². The molecule has 13 heteroatoms. The second-order valence-corrected chi connectivity index (χ2v) is 11.0. The average Bonchev–Trinajstić information content (AvgIpc) is 2.60. The van der Waals surface area contributed by atoms with E-state index in [0.717, 1.165) is 0 Å². The molecule has 0 aromatic rings. The maximum atomic E-state index is 11.3. The van der Waals surface area contributed by atoms with Gasteiger partial charge in [-0.1, -0.05) is 13.2 Å². The fraction of sp³-hybridized carbons (Fsp3) is 0.714. The molecule has 0 aliphatic heterocycles. The van der Waals surface area contributed by atoms with Gasteiger partial charge in [-0.3, -0.25) is 4.57 Å². The van der Waals surface area contributed by atoms with Crippen LogP contribution < -0.4 is 17.3 Å². The Kier molecular flexibility index (Phi) is 18.8. The number of carbonyl (C=O) groups excluding carboxylic acids is 2. The van der Waals surface area contributed by atoms with Gasteiger partial charge >= 0.3 is 11.9 Å². The van der Waals surface area contributed by atoms with E-state index >= 15 is 0 Å². The molecule has 0 amide bonds. The zero-order chi connectivity index (χ0) is 26.5. The molecule has 0 spiro atoms. The largest absolute Gasteiger partial charge is 1.00 e. The first-order valence-electron chi connectivity index (χ1n) is 10.3. The number of phosphoric ester groups is 1. The lowest BCUT2D eigenvalue weighted by Gasteiger charge is -2.27. The molecule has 0 fully saturated rings. The van der Waals surface area contributed by atoms with E-state index < -0.39 is 25.9 Å². The first-order chi connectivity index (χ1) is 14.8. The first kappa shape index (κ1) is 37.3. The lowest BCUT2D eigenvalue weighted by Crippen LogP contribution is -3.00. The third-order valence-electron chi connectivity index (χ3n) is 3.44. The quantitative estimate of drug-likeness (QED) is 0.0847. The van der Waals surface area contributed by atoms with Crippen molar-refractivity contribution in [3.8, 4) is 0 Å². The van der Waals surface area contributed by atoms with Gasteiger partial charge in [-0.05, 0) is 13.8 Å². The van der Waals surface area contributed by atoms with Crippen molar-refractivity contribution in [3.63, 3.8) is 0 Å². The van der Waals surface area contributed by atoms with Crippen molar-refractivity contribution in [2.75, 3.05) is 81.8 Å². The van der Waals surface area contributed by atoms with E-state index in [-0.39, 0.29) is 44.4 Å². The number of aliphatic hydroxyl groups is 1. The maximum Gasteiger partial charge on any atom is 0.333 e. The van der Waals surface area contributed by atoms with Crippen LogP contribution in [-0.4, -0.2) is 114 Å². The van der Waals surface area contributed by atoms with Crippen LogP contribution in [0.15, 0.2) is 24.3 Å². The molecule has 11 nitrogen and oxygen atoms in total. The van der Waals surface area contributed by atoms with Crippen molar-refractivity contribution >= 4 is 19.8 Å². The summed E-state index contributed by atoms with van der Waals surface area (Å²) in [5, 5.41) is 9.49. The molecular weight excluding hydrogens is 491 g/mol. The molecule has 0 aromatic carbocycles. The Morgan fingerprint density at radius 3 is 1.74 bits per heavy atom. The predicted molar refractivity (Wildman–Crippen MR) is 123 cm³/mol. The van der Waals surface area contributed by atoms with Crippen LogP contribution in [0.1, 0.15) is 13.8 Å². The number of halogens is 1. The molecule has 0 aliphatic rings. The van der Waals surface area contributed by atoms with Crippen LogP contribution in [0.3, 0.4) is 0 Å². The average molecular weight is 533 g/mol. The highest BCUT2D eigenvalue weighted by Crippen LogP contribution is 2.37. The number of hydrogen-bond donors (Lipinski definition) is 1. The molecule has 0 rings (SSSR count). The number of aliphatic hydroxyl groups excluding tert-OH is 1. The fourth-order valence-electron chi connectivity index (χ4n) is 1.85. The Hall–Kier alpha value is -1.30. The summed E-state index contributed by atoms with van der Waals surface area (Å²) in [5.41, 5.74) is 0.590. The van der Waals surface area contributed by atoms with Gasteiger partial charge in [-0.25, -0.2) is 9.59 Å². The second kappa shape index (κ2) is 17.2. The second-order valence-electron chi connectivity index (χ2n) is 9.55. The van der Waals surface area contributed by atoms with E-state index in [9.17, 15) is 24.2 Å². The van der Waals surface area contributed by atoms with Crippen LogP contribution in [0.25, 0.3) is 0 Å². The van der Waals surface area contributed by atoms with Gasteiger partial charge in [-0.15, -0.1) is 0 Å². The Labute approximate surface area is 210 Å². The normalized spacial score (nSPS) is 13.8. The van der Waals surface area contributed by atoms with Crippen LogP contribution in [0.5, 0.6) is 0 Å². The summed E-state index contributed by atoms with van der Waals surface area (Å²) in [4.78, 5) is 33.3. The van der Waals surface area contributed by atoms with Crippen molar-refractivity contribution in [1.82, 2.24) is 0 Å². The van der Waals surface area contributed by atoms with Gasteiger partial charge in [0.25, 0.3) is 7.82 Å². The van der Waals surface area contributed by atoms with Crippen molar-refractivity contribution in [2.24, 2.45) is 0 Å². The number of carbonyl (C=O) groups is 2. The molecule has 0 bridgehead atoms. The molecular formula is C21H42ClN2O9P. The van der Waals surface area contributed by atoms with Crippen LogP contribution in [-0.2, 0) is 32.7 Å². The highest BCUT2D eigenvalue weighted by molar-refractivity contribution is 7.45. The van der Waals surface area contributed by atoms with E-state index in [1.807, 2.05) is 42.3 Å². The van der Waals surface area contributed by atoms with Gasteiger partial charge in [-0.2, -0.15) is 0 Å². The number of esters is 2. The summed E-state index contributed by atoms with van der Waals surface area (Å²) in [6, 6.07) is 0. The Morgan fingerprint density at radius 1 is 0.882 bits per heavy atom. The molecule has 0 saturated carbocycles. The third-order valence-corrected chi connectivity index (χ3v) is 4.44. The number of hydrogen-bond acceptors (Lipinski definition) is 9. The van der Waals surface area contributed by atoms with E-state index in [4.69, 9.17) is 4.74 Å². The monoisotopic (exact) mass is 532 g/mol. The third kappa shape index (κ3) is 25.3. The van der Waals surface area contributed by atoms with Gasteiger partial charge in [0.1, 0.15) is 39.0 Å². The van der Waals surface area contributed by atoms with Crippen molar-refractivity contribution < 1.29 is 64.0 Å². The topological polar surface area (TPSA) is 131 Å². The Morgan fingerprint density at radius 2 is 1.32 bits per heavy atom. The molecule has 2 unspecified atom stereocenters. The summed E-state index contributed by atoms with van der Waals surface area (Å²) in [5.74, 6) is -1.04. The Balaban J connectivity index is -0.000000573. The van der Waals surface area contributed by atoms with Gasteiger partial charge < -0.3 is 49.9 Å². The van der Waals surface area contributed by atoms with E-state index in [2.05, 4.69) is 26.9 Å². The minimum absolute atomic E-state index is 0. The zero-order valence-corrected chi connectivity index (χ0v) is 23.3. The lowest BCUT2D eigenvalue weighted by molar-refractivity contribution is -0.873. The molecule has 202 valence electrons. The predicted octanol–water partition coefficient (Wildman–Crippen LogP) is -2.51. The van der Waals surface area contributed by atoms with Crippen molar-refractivity contribution in [3.05, 3.63) is 24.3 Å². The minimum Gasteiger partial charge on any atom is -1.00 e. The number of rotatable bonds is 14. The minimum atomic E-state index is -4.34. The number of nitrogens with zero attached hydrogens (tertiary/aromatic N) is 2. The smallest absolute Gasteiger partial charge is 0.333 e. The molecule has 0 heterocycles. The SMILES string of the molecule is C=C(C)C(=O)OCC(O)C[N+](C)(C)C.C=C(C)C(=O)OCCOP(=O)([O-])OCC[N+](C)(C)C.[Cl-]. The summed E-state index contributed by atoms with van der Waals surface area (Å²) >= 11 is 0. The number of ether oxygens (including phenoxy) is 2. The summed E-state index contributed by atoms with van der Waals surface area (Å²) in [6.07, 6.45) is -0.627. The molecule has 0 saturated heterocycles. The van der Waals surface area contributed by atoms with Crippen LogP contribution in [0, 0.1) is 0 Å². The fourth-order valence-corrected chi connectivity index (χ4v) is 2.53. The molecule has 1 N–H and O–H groups in total. The number of quaternary nitrogens is 2. The van der Waals surface area contributed by atoms with Gasteiger partial charge in [0.15, 0.2) is 0 Å². The highest BCUT2D eigenvalue weighted by Gasteiger charge is 2.17. The van der Waals surface area contributed by atoms with E-state index in [0.29, 0.717) is 27.6 Å². The molecule has 34 heavy (non-hydrogen) atoms. The molecule has 2 atom stereocenters. The number of likely N-dealkylation sites (N-methyl/N-ethyl adjacent to an activating group) is 2. The molecule has 0 radical (unpaired) electrons. The summed E-state index contributed by atoms with van der Waals surface area (Å²) in [7, 11) is 7.29. The lowest BCUT2D eigenvalue weighted by atomic mass is 10.3. The Bertz CT molecular complexity index is 703. The van der Waals surface area contributed by atoms with Crippen LogP contribution in [0.2, 0.25) is 0 Å². The summed E-state index contributed by atoms with van der Waals surface area (Å²) in [6.45, 7) is 10.6. The standard InChI is InChI=1S/C11H22NO6P.C10H20NO3.ClH/c1-10(2)11(13)16-8-9-18-19(14,15)17-7-6-12(3,4)5;1-8(2)10(13)14-7-9(12)6-11(3,4)5;/h1,6-9H2,2-5H3;9,12H,1,6-7H2,2-5H3;1H/q;+1;/p-1. The number of phosphoric acid groups is 1. The first-order valence-corrected chi connectivity index (χ1v) is 11.8. The molecule has 0 aliphatic carbocycles. The van der Waals surface area contributed by atoms with Crippen LogP contribution in [0.4, 0.5) is 0 Å². The molecule has 0 aromatic heterocycles.